The number of hydrogen-bond donors (Lipinski definition) is 3. The molecule has 20 heteroatoms. The average molecular weight is 1340 g/mol. The number of methoxy groups -OCH3 is 1. The van der Waals surface area contributed by atoms with Gasteiger partial charge in [0.25, 0.3) is 11.1 Å². The first-order valence-corrected chi connectivity index (χ1v) is 33.5. The van der Waals surface area contributed by atoms with Crippen LogP contribution in [0.25, 0.3) is 72.7 Å². The van der Waals surface area contributed by atoms with E-state index in [1.165, 1.54) is 50.5 Å². The lowest BCUT2D eigenvalue weighted by Gasteiger charge is -2.09. The van der Waals surface area contributed by atoms with Crippen molar-refractivity contribution in [1.29, 1.82) is 0 Å². The van der Waals surface area contributed by atoms with Gasteiger partial charge in [-0.1, -0.05) is 95.2 Å². The molecule has 3 N–H and O–H groups in total. The van der Waals surface area contributed by atoms with Gasteiger partial charge in [0.2, 0.25) is 11.4 Å². The van der Waals surface area contributed by atoms with E-state index in [0.717, 1.165) is 84.3 Å². The molecular formula is C80H91N15O5. The number of aromatic nitrogens is 15. The normalized spacial score (nSPS) is 10.9. The number of aryl methyl sites for hydroxylation is 4. The summed E-state index contributed by atoms with van der Waals surface area (Å²) in [6.07, 6.45) is 17.5. The summed E-state index contributed by atoms with van der Waals surface area (Å²) in [5.41, 5.74) is 18.1. The zero-order valence-corrected chi connectivity index (χ0v) is 60.3. The molecule has 0 saturated carbocycles. The average Bonchev–Trinajstić information content (AvgIpc) is 1.63. The van der Waals surface area contributed by atoms with Crippen LogP contribution in [0.15, 0.2) is 209 Å². The third-order valence-corrected chi connectivity index (χ3v) is 16.6. The van der Waals surface area contributed by atoms with Crippen LogP contribution < -0.4 is 27.1 Å². The van der Waals surface area contributed by atoms with Crippen LogP contribution in [0.3, 0.4) is 0 Å². The van der Waals surface area contributed by atoms with Gasteiger partial charge in [-0.25, -0.2) is 9.78 Å². The fourth-order valence-electron chi connectivity index (χ4n) is 10.5. The number of aromatic amines is 3. The van der Waals surface area contributed by atoms with Crippen molar-refractivity contribution >= 4 is 21.8 Å². The van der Waals surface area contributed by atoms with E-state index in [4.69, 9.17) is 4.74 Å². The molecule has 20 nitrogen and oxygen atoms in total. The van der Waals surface area contributed by atoms with Crippen molar-refractivity contribution in [2.24, 2.45) is 14.1 Å². The summed E-state index contributed by atoms with van der Waals surface area (Å²) in [4.78, 5) is 83.2. The second kappa shape index (κ2) is 34.7. The first-order valence-electron chi connectivity index (χ1n) is 33.5. The van der Waals surface area contributed by atoms with E-state index in [0.29, 0.717) is 47.0 Å². The van der Waals surface area contributed by atoms with Crippen LogP contribution in [0.5, 0.6) is 5.88 Å². The van der Waals surface area contributed by atoms with Gasteiger partial charge in [0.05, 0.1) is 87.2 Å². The molecule has 0 unspecified atom stereocenters. The third-order valence-electron chi connectivity index (χ3n) is 16.6. The van der Waals surface area contributed by atoms with E-state index < -0.39 is 5.69 Å². The maximum atomic E-state index is 11.6. The topological polar surface area (TPSA) is 256 Å². The molecule has 12 aromatic heterocycles. The smallest absolute Gasteiger partial charge is 0.332 e. The SMILES string of the molecule is CC(C)c1cccc(-n2ccc(=O)[nH]c2=O)c1.CC(C)c1ccnc(-c2ccc(=O)[nH]c2)c1.CC(C)c1ccnc(-c2ccc[nH]c2=O)c1.COc1ncccc1-c1cc(C(C)C)ccn1.Cc1nn(C)c2cnc(-c3cc(C(C)C)ccn3)cc12.Cc1nn(C)c2cnc(C(C)C)cc12. The predicted molar refractivity (Wildman–Crippen MR) is 402 cm³/mol. The molecule has 0 aliphatic carbocycles. The molecule has 13 aromatic rings. The van der Waals surface area contributed by atoms with Crippen molar-refractivity contribution in [3.63, 3.8) is 0 Å². The van der Waals surface area contributed by atoms with Crippen LogP contribution in [0.2, 0.25) is 0 Å². The van der Waals surface area contributed by atoms with Crippen LogP contribution >= 0.6 is 0 Å². The van der Waals surface area contributed by atoms with Crippen LogP contribution in [-0.4, -0.2) is 81.1 Å². The predicted octanol–water partition coefficient (Wildman–Crippen LogP) is 15.9. The first-order chi connectivity index (χ1) is 47.8. The van der Waals surface area contributed by atoms with Crippen molar-refractivity contribution < 1.29 is 4.74 Å². The minimum absolute atomic E-state index is 0.0937. The van der Waals surface area contributed by atoms with Crippen molar-refractivity contribution in [3.8, 4) is 56.7 Å². The maximum absolute atomic E-state index is 11.6. The number of pyridine rings is 9. The van der Waals surface area contributed by atoms with Gasteiger partial charge >= 0.3 is 5.69 Å². The van der Waals surface area contributed by atoms with E-state index >= 15 is 0 Å². The molecule has 12 heterocycles. The molecule has 0 amide bonds. The van der Waals surface area contributed by atoms with E-state index in [-0.39, 0.29) is 16.7 Å². The Labute approximate surface area is 583 Å². The Kier molecular flexibility index (Phi) is 25.8. The summed E-state index contributed by atoms with van der Waals surface area (Å²) < 4.78 is 10.4. The summed E-state index contributed by atoms with van der Waals surface area (Å²) in [6.45, 7) is 29.8. The minimum Gasteiger partial charge on any atom is -0.481 e. The quantitative estimate of drug-likeness (QED) is 0.103. The van der Waals surface area contributed by atoms with Gasteiger partial charge in [0, 0.05) is 97.8 Å². The number of H-pyrrole nitrogens is 3. The van der Waals surface area contributed by atoms with Gasteiger partial charge in [-0.2, -0.15) is 10.2 Å². The summed E-state index contributed by atoms with van der Waals surface area (Å²) in [5.74, 6) is 3.36. The second-order valence-electron chi connectivity index (χ2n) is 25.9. The molecule has 0 bridgehead atoms. The van der Waals surface area contributed by atoms with Crippen molar-refractivity contribution in [1.82, 2.24) is 74.0 Å². The fourth-order valence-corrected chi connectivity index (χ4v) is 10.5. The van der Waals surface area contributed by atoms with Gasteiger partial charge in [0.1, 0.15) is 0 Å². The fraction of sp³-hybridized carbons (Fsp3) is 0.287. The van der Waals surface area contributed by atoms with E-state index in [9.17, 15) is 19.2 Å². The highest BCUT2D eigenvalue weighted by Crippen LogP contribution is 2.30. The lowest BCUT2D eigenvalue weighted by atomic mass is 10.0. The molecule has 13 rings (SSSR count). The third kappa shape index (κ3) is 19.7. The maximum Gasteiger partial charge on any atom is 0.332 e. The van der Waals surface area contributed by atoms with Gasteiger partial charge in [-0.05, 0) is 180 Å². The Morgan fingerprint density at radius 3 is 1.46 bits per heavy atom. The number of ether oxygens (including phenoxy) is 1. The van der Waals surface area contributed by atoms with Crippen molar-refractivity contribution in [2.45, 2.75) is 132 Å². The number of fused-ring (bicyclic) bond motifs is 2. The first kappa shape index (κ1) is 74.4. The van der Waals surface area contributed by atoms with Crippen LogP contribution in [0, 0.1) is 13.8 Å². The zero-order valence-electron chi connectivity index (χ0n) is 60.3. The molecule has 0 radical (unpaired) electrons. The van der Waals surface area contributed by atoms with Crippen LogP contribution in [0.4, 0.5) is 0 Å². The Balaban J connectivity index is 0.000000153. The second-order valence-corrected chi connectivity index (χ2v) is 25.9. The summed E-state index contributed by atoms with van der Waals surface area (Å²) in [6, 6.07) is 40.3. The zero-order chi connectivity index (χ0) is 72.3. The van der Waals surface area contributed by atoms with Crippen molar-refractivity contribution in [3.05, 3.63) is 276 Å². The molecule has 1 aromatic carbocycles. The van der Waals surface area contributed by atoms with Gasteiger partial charge < -0.3 is 14.7 Å². The summed E-state index contributed by atoms with van der Waals surface area (Å²) in [7, 11) is 5.51. The molecule has 0 atom stereocenters. The molecule has 0 spiro atoms. The highest BCUT2D eigenvalue weighted by atomic mass is 16.5. The van der Waals surface area contributed by atoms with Gasteiger partial charge in [-0.3, -0.25) is 63.2 Å². The van der Waals surface area contributed by atoms with E-state index in [1.807, 2.05) is 123 Å². The van der Waals surface area contributed by atoms with Crippen LogP contribution in [-0.2, 0) is 14.1 Å². The molecule has 0 aliphatic rings. The summed E-state index contributed by atoms with van der Waals surface area (Å²) in [5, 5.41) is 11.1. The highest BCUT2D eigenvalue weighted by Gasteiger charge is 2.14. The molecule has 0 saturated heterocycles. The largest absolute Gasteiger partial charge is 0.481 e. The Morgan fingerprint density at radius 1 is 0.430 bits per heavy atom. The monoisotopic (exact) mass is 1340 g/mol. The van der Waals surface area contributed by atoms with Crippen molar-refractivity contribution in [2.75, 3.05) is 7.11 Å². The Hall–Kier alpha value is -11.4. The van der Waals surface area contributed by atoms with Crippen LogP contribution in [0.1, 0.15) is 163 Å². The molecular weight excluding hydrogens is 1250 g/mol. The van der Waals surface area contributed by atoms with Gasteiger partial charge in [0.15, 0.2) is 0 Å². The number of hydrogen-bond acceptors (Lipinski definition) is 14. The summed E-state index contributed by atoms with van der Waals surface area (Å²) >= 11 is 0. The molecule has 516 valence electrons. The molecule has 0 fully saturated rings. The highest BCUT2D eigenvalue weighted by molar-refractivity contribution is 5.84. The minimum atomic E-state index is -0.418. The molecule has 0 aliphatic heterocycles. The van der Waals surface area contributed by atoms with E-state index in [1.54, 1.807) is 56.3 Å². The lowest BCUT2D eigenvalue weighted by Crippen LogP contribution is -2.27. The lowest BCUT2D eigenvalue weighted by molar-refractivity contribution is 0.399. The van der Waals surface area contributed by atoms with Gasteiger partial charge in [-0.15, -0.1) is 0 Å². The Morgan fingerprint density at radius 2 is 0.930 bits per heavy atom. The number of rotatable bonds is 12. The van der Waals surface area contributed by atoms with E-state index in [2.05, 4.69) is 180 Å². The molecule has 100 heavy (non-hydrogen) atoms. The number of nitrogens with one attached hydrogen (secondary N) is 3. The Bertz CT molecular complexity index is 5090. The number of nitrogens with zero attached hydrogens (tertiary/aromatic N) is 12. The number of benzene rings is 1. The standard InChI is InChI=1S/C16H18N4.C14H16N2O.C13H14N2O2.2C13H14N2O.C11H15N3/c1-10(2)12-5-6-17-14(7-12)15-8-13-11(3)19-20(4)16(13)9-18-15;1-10(2)11-6-8-15-13(9-11)12-5-4-7-16-14(12)17-3;1-9(2)10-4-3-5-11(8-10)15-7-6-12(16)14-13(15)17;1-9(2)10-5-6-14-12(7-10)11-3-4-13(16)15-8-11;1-9(2)10-5-7-14-12(8-10)11-4-3-6-15-13(11)16;1-7(2)10-5-9-8(3)13-14(4)11(9)6-12-10/h5-10H,1-4H3;4-10H,1-3H3;3-9H,1-2H3,(H,14,16,17);2*3-9H,1-2H3,(H,15,16);5-7H,1-4H3.